The van der Waals surface area contributed by atoms with Gasteiger partial charge in [-0.3, -0.25) is 5.84 Å². The van der Waals surface area contributed by atoms with Crippen LogP contribution in [0.4, 0.5) is 0 Å². The number of hydrazine groups is 1. The Morgan fingerprint density at radius 3 is 2.21 bits per heavy atom. The fraction of sp³-hybridized carbons (Fsp3) is 0.500. The van der Waals surface area contributed by atoms with E-state index in [9.17, 15) is 0 Å². The van der Waals surface area contributed by atoms with Crippen LogP contribution >= 0.6 is 0 Å². The molecule has 0 saturated carbocycles. The molecule has 0 aliphatic rings. The van der Waals surface area contributed by atoms with Crippen molar-refractivity contribution in [3.63, 3.8) is 0 Å². The molecule has 1 aromatic rings. The number of benzene rings is 1. The van der Waals surface area contributed by atoms with Gasteiger partial charge in [0.1, 0.15) is 0 Å². The zero-order valence-corrected chi connectivity index (χ0v) is 9.33. The Kier molecular flexibility index (Phi) is 4.11. The van der Waals surface area contributed by atoms with Gasteiger partial charge >= 0.3 is 0 Å². The highest BCUT2D eigenvalue weighted by atomic mass is 15.4. The third kappa shape index (κ3) is 3.48. The maximum Gasteiger partial charge on any atom is 0.0165 e. The first-order chi connectivity index (χ1) is 6.59. The van der Waals surface area contributed by atoms with E-state index >= 15 is 0 Å². The van der Waals surface area contributed by atoms with Gasteiger partial charge in [-0.15, -0.1) is 0 Å². The molecule has 0 atom stereocenters. The molecular weight excluding hydrogens is 172 g/mol. The van der Waals surface area contributed by atoms with Crippen molar-refractivity contribution in [1.82, 2.24) is 5.01 Å². The van der Waals surface area contributed by atoms with Gasteiger partial charge in [-0.2, -0.15) is 0 Å². The van der Waals surface area contributed by atoms with E-state index in [0.717, 1.165) is 13.0 Å². The van der Waals surface area contributed by atoms with Crippen LogP contribution in [0.3, 0.4) is 0 Å². The topological polar surface area (TPSA) is 29.3 Å². The lowest BCUT2D eigenvalue weighted by atomic mass is 10.0. The summed E-state index contributed by atoms with van der Waals surface area (Å²) in [4.78, 5) is 0. The minimum Gasteiger partial charge on any atom is -0.269 e. The van der Waals surface area contributed by atoms with Crippen LogP contribution in [0, 0.1) is 0 Å². The van der Waals surface area contributed by atoms with E-state index in [0.29, 0.717) is 5.92 Å². The lowest BCUT2D eigenvalue weighted by Crippen LogP contribution is -2.28. The summed E-state index contributed by atoms with van der Waals surface area (Å²) in [5.74, 6) is 6.16. The largest absolute Gasteiger partial charge is 0.269 e. The molecule has 2 nitrogen and oxygen atoms in total. The van der Waals surface area contributed by atoms with Crippen molar-refractivity contribution >= 4 is 0 Å². The normalized spacial score (nSPS) is 11.3. The first-order valence-corrected chi connectivity index (χ1v) is 5.14. The molecule has 0 heterocycles. The van der Waals surface area contributed by atoms with E-state index in [4.69, 9.17) is 5.84 Å². The Morgan fingerprint density at radius 2 is 1.79 bits per heavy atom. The van der Waals surface area contributed by atoms with Crippen molar-refractivity contribution in [3.8, 4) is 0 Å². The fourth-order valence-corrected chi connectivity index (χ4v) is 1.37. The summed E-state index contributed by atoms with van der Waals surface area (Å²) in [6.07, 6.45) is 1.02. The van der Waals surface area contributed by atoms with Crippen LogP contribution in [0.5, 0.6) is 0 Å². The van der Waals surface area contributed by atoms with Crippen molar-refractivity contribution in [1.29, 1.82) is 0 Å². The van der Waals surface area contributed by atoms with Crippen LogP contribution in [0.15, 0.2) is 24.3 Å². The molecule has 0 aliphatic carbocycles. The minimum atomic E-state index is 0.612. The van der Waals surface area contributed by atoms with Crippen molar-refractivity contribution in [2.24, 2.45) is 5.84 Å². The van der Waals surface area contributed by atoms with Crippen molar-refractivity contribution < 1.29 is 0 Å². The van der Waals surface area contributed by atoms with Crippen molar-refractivity contribution in [3.05, 3.63) is 35.4 Å². The van der Waals surface area contributed by atoms with Crippen LogP contribution in [-0.4, -0.2) is 18.6 Å². The summed E-state index contributed by atoms with van der Waals surface area (Å²) in [6, 6.07) is 8.80. The first-order valence-electron chi connectivity index (χ1n) is 5.14. The smallest absolute Gasteiger partial charge is 0.0165 e. The molecule has 0 fully saturated rings. The van der Waals surface area contributed by atoms with Gasteiger partial charge in [-0.1, -0.05) is 38.1 Å². The number of likely N-dealkylation sites (N-methyl/N-ethyl adjacent to an activating group) is 1. The molecule has 0 amide bonds. The number of hydrogen-bond donors (Lipinski definition) is 1. The molecule has 0 bridgehead atoms. The molecule has 0 saturated heterocycles. The third-order valence-electron chi connectivity index (χ3n) is 2.40. The molecule has 0 unspecified atom stereocenters. The zero-order chi connectivity index (χ0) is 10.6. The maximum atomic E-state index is 5.55. The summed E-state index contributed by atoms with van der Waals surface area (Å²) < 4.78 is 0. The molecule has 0 aromatic heterocycles. The monoisotopic (exact) mass is 192 g/mol. The number of nitrogens with zero attached hydrogens (tertiary/aromatic N) is 1. The van der Waals surface area contributed by atoms with Gasteiger partial charge in [0, 0.05) is 13.6 Å². The van der Waals surface area contributed by atoms with Gasteiger partial charge in [0.05, 0.1) is 0 Å². The van der Waals surface area contributed by atoms with Gasteiger partial charge in [0.2, 0.25) is 0 Å². The van der Waals surface area contributed by atoms with Gasteiger partial charge < -0.3 is 0 Å². The number of hydrogen-bond acceptors (Lipinski definition) is 2. The SMILES string of the molecule is CC(C)c1ccc(CCN(C)N)cc1. The quantitative estimate of drug-likeness (QED) is 0.585. The molecule has 2 N–H and O–H groups in total. The van der Waals surface area contributed by atoms with Gasteiger partial charge in [-0.05, 0) is 23.5 Å². The van der Waals surface area contributed by atoms with Gasteiger partial charge in [-0.25, -0.2) is 5.01 Å². The second-order valence-corrected chi connectivity index (χ2v) is 4.13. The first kappa shape index (κ1) is 11.2. The number of nitrogens with two attached hydrogens (primary N) is 1. The minimum absolute atomic E-state index is 0.612. The Labute approximate surface area is 86.7 Å². The van der Waals surface area contributed by atoms with Crippen molar-refractivity contribution in [2.75, 3.05) is 13.6 Å². The maximum absolute atomic E-state index is 5.55. The Morgan fingerprint density at radius 1 is 1.21 bits per heavy atom. The summed E-state index contributed by atoms with van der Waals surface area (Å²) in [6.45, 7) is 5.33. The average molecular weight is 192 g/mol. The van der Waals surface area contributed by atoms with Gasteiger partial charge in [0.25, 0.3) is 0 Å². The summed E-state index contributed by atoms with van der Waals surface area (Å²) in [7, 11) is 1.89. The Bertz CT molecular complexity index is 262. The summed E-state index contributed by atoms with van der Waals surface area (Å²) in [5, 5.41) is 1.72. The van der Waals surface area contributed by atoms with Crippen LogP contribution in [0.1, 0.15) is 30.9 Å². The highest BCUT2D eigenvalue weighted by Crippen LogP contribution is 2.14. The van der Waals surface area contributed by atoms with Gasteiger partial charge in [0.15, 0.2) is 0 Å². The lowest BCUT2D eigenvalue weighted by molar-refractivity contribution is 0.354. The summed E-state index contributed by atoms with van der Waals surface area (Å²) >= 11 is 0. The second kappa shape index (κ2) is 5.13. The van der Waals surface area contributed by atoms with E-state index < -0.39 is 0 Å². The van der Waals surface area contributed by atoms with E-state index in [2.05, 4.69) is 38.1 Å². The molecule has 2 heteroatoms. The lowest BCUT2D eigenvalue weighted by Gasteiger charge is -2.10. The van der Waals surface area contributed by atoms with Crippen molar-refractivity contribution in [2.45, 2.75) is 26.2 Å². The van der Waals surface area contributed by atoms with E-state index in [1.54, 1.807) is 5.01 Å². The fourth-order valence-electron chi connectivity index (χ4n) is 1.37. The Hall–Kier alpha value is -0.860. The predicted molar refractivity (Wildman–Crippen MR) is 61.1 cm³/mol. The third-order valence-corrected chi connectivity index (χ3v) is 2.40. The molecule has 1 rings (SSSR count). The summed E-state index contributed by atoms with van der Waals surface area (Å²) in [5.41, 5.74) is 2.75. The van der Waals surface area contributed by atoms with Crippen LogP contribution in [0.25, 0.3) is 0 Å². The standard InChI is InChI=1S/C12H20N2/c1-10(2)12-6-4-11(5-7-12)8-9-14(3)13/h4-7,10H,8-9,13H2,1-3H3. The molecule has 14 heavy (non-hydrogen) atoms. The highest BCUT2D eigenvalue weighted by Gasteiger charge is 1.99. The van der Waals surface area contributed by atoms with Crippen LogP contribution in [0.2, 0.25) is 0 Å². The molecule has 78 valence electrons. The average Bonchev–Trinajstić information content (AvgIpc) is 2.15. The molecule has 0 aliphatic heterocycles. The van der Waals surface area contributed by atoms with Crippen LogP contribution < -0.4 is 5.84 Å². The molecular formula is C12H20N2. The molecule has 0 radical (unpaired) electrons. The zero-order valence-electron chi connectivity index (χ0n) is 9.33. The second-order valence-electron chi connectivity index (χ2n) is 4.13. The molecule has 0 spiro atoms. The molecule has 1 aromatic carbocycles. The predicted octanol–water partition coefficient (Wildman–Crippen LogP) is 2.16. The van der Waals surface area contributed by atoms with Crippen LogP contribution in [-0.2, 0) is 6.42 Å². The Balaban J connectivity index is 2.55. The van der Waals surface area contributed by atoms with E-state index in [1.165, 1.54) is 11.1 Å². The van der Waals surface area contributed by atoms with E-state index in [-0.39, 0.29) is 0 Å². The van der Waals surface area contributed by atoms with E-state index in [1.807, 2.05) is 7.05 Å². The number of rotatable bonds is 4. The highest BCUT2D eigenvalue weighted by molar-refractivity contribution is 5.24.